The number of amides is 1. The van der Waals surface area contributed by atoms with Gasteiger partial charge in [-0.15, -0.1) is 0 Å². The van der Waals surface area contributed by atoms with Gasteiger partial charge in [0, 0.05) is 31.5 Å². The van der Waals surface area contributed by atoms with E-state index in [9.17, 15) is 9.90 Å². The van der Waals surface area contributed by atoms with Crippen molar-refractivity contribution in [1.82, 2.24) is 10.2 Å². The van der Waals surface area contributed by atoms with Crippen molar-refractivity contribution in [2.24, 2.45) is 23.7 Å². The van der Waals surface area contributed by atoms with E-state index in [0.29, 0.717) is 30.1 Å². The predicted octanol–water partition coefficient (Wildman–Crippen LogP) is 2.58. The minimum atomic E-state index is -0.111. The van der Waals surface area contributed by atoms with E-state index in [1.165, 1.54) is 5.56 Å². The Hall–Kier alpha value is -1.43. The summed E-state index contributed by atoms with van der Waals surface area (Å²) in [7, 11) is 0. The number of aliphatic hydroxyl groups is 1. The van der Waals surface area contributed by atoms with Gasteiger partial charge in [0.15, 0.2) is 0 Å². The van der Waals surface area contributed by atoms with E-state index in [4.69, 9.17) is 4.74 Å². The Morgan fingerprint density at radius 3 is 2.33 bits per heavy atom. The van der Waals surface area contributed by atoms with Crippen LogP contribution in [0.5, 0.6) is 0 Å². The third kappa shape index (κ3) is 3.69. The van der Waals surface area contributed by atoms with Crippen LogP contribution in [0.2, 0.25) is 0 Å². The Morgan fingerprint density at radius 1 is 1.07 bits per heavy atom. The van der Waals surface area contributed by atoms with Crippen LogP contribution >= 0.6 is 0 Å². The summed E-state index contributed by atoms with van der Waals surface area (Å²) in [4.78, 5) is 15.6. The Bertz CT molecular complexity index is 701. The van der Waals surface area contributed by atoms with Crippen molar-refractivity contribution in [3.63, 3.8) is 0 Å². The smallest absolute Gasteiger partial charge is 0.220 e. The van der Waals surface area contributed by atoms with E-state index in [0.717, 1.165) is 71.5 Å². The molecule has 1 heterocycles. The molecule has 5 heteroatoms. The van der Waals surface area contributed by atoms with Crippen LogP contribution in [-0.2, 0) is 14.9 Å². The highest BCUT2D eigenvalue weighted by molar-refractivity contribution is 5.78. The molecule has 0 aromatic heterocycles. The van der Waals surface area contributed by atoms with Gasteiger partial charge in [-0.25, -0.2) is 0 Å². The Balaban J connectivity index is 1.25. The maximum Gasteiger partial charge on any atom is 0.220 e. The molecule has 6 rings (SSSR count). The maximum atomic E-state index is 13.1. The third-order valence-corrected chi connectivity index (χ3v) is 8.61. The van der Waals surface area contributed by atoms with Gasteiger partial charge in [-0.3, -0.25) is 9.69 Å². The van der Waals surface area contributed by atoms with Gasteiger partial charge in [0.1, 0.15) is 0 Å². The van der Waals surface area contributed by atoms with Gasteiger partial charge in [0.05, 0.1) is 19.3 Å². The van der Waals surface area contributed by atoms with Crippen LogP contribution in [0.1, 0.15) is 44.1 Å². The highest BCUT2D eigenvalue weighted by atomic mass is 16.5. The van der Waals surface area contributed by atoms with E-state index in [1.54, 1.807) is 0 Å². The van der Waals surface area contributed by atoms with Gasteiger partial charge in [-0.2, -0.15) is 0 Å². The largest absolute Gasteiger partial charge is 0.393 e. The van der Waals surface area contributed by atoms with Crippen molar-refractivity contribution in [2.45, 2.75) is 50.0 Å². The van der Waals surface area contributed by atoms with Crippen LogP contribution in [0, 0.1) is 23.7 Å². The third-order valence-electron chi connectivity index (χ3n) is 8.61. The number of carbonyl (C=O) groups is 1. The first-order chi connectivity index (χ1) is 14.7. The normalized spacial score (nSPS) is 38.0. The number of nitrogens with one attached hydrogen (secondary N) is 1. The Labute approximate surface area is 180 Å². The number of aliphatic hydroxyl groups excluding tert-OH is 1. The zero-order valence-electron chi connectivity index (χ0n) is 18.0. The molecule has 5 fully saturated rings. The molecule has 5 nitrogen and oxygen atoms in total. The first kappa shape index (κ1) is 20.5. The maximum absolute atomic E-state index is 13.1. The fourth-order valence-corrected chi connectivity index (χ4v) is 7.26. The molecule has 1 aliphatic heterocycles. The highest BCUT2D eigenvalue weighted by Gasteiger charge is 2.60. The van der Waals surface area contributed by atoms with Gasteiger partial charge in [-0.05, 0) is 67.9 Å². The van der Waals surface area contributed by atoms with E-state index >= 15 is 0 Å². The SMILES string of the molecule is O=C(CC1(c2ccccc2)C2CC3CC1CC(C2)C3O)NCCCN1CCOCC1. The first-order valence-corrected chi connectivity index (χ1v) is 12.0. The fraction of sp³-hybridized carbons (Fsp3) is 0.720. The fourth-order valence-electron chi connectivity index (χ4n) is 7.26. The average molecular weight is 413 g/mol. The minimum Gasteiger partial charge on any atom is -0.393 e. The molecule has 0 spiro atoms. The molecule has 1 amide bonds. The molecule has 1 saturated heterocycles. The highest BCUT2D eigenvalue weighted by Crippen LogP contribution is 2.64. The lowest BCUT2D eigenvalue weighted by atomic mass is 9.42. The molecule has 4 aliphatic carbocycles. The molecular formula is C25H36N2O3. The molecule has 30 heavy (non-hydrogen) atoms. The summed E-state index contributed by atoms with van der Waals surface area (Å²) in [5, 5.41) is 13.8. The van der Waals surface area contributed by atoms with Gasteiger partial charge in [0.2, 0.25) is 5.91 Å². The number of carbonyl (C=O) groups excluding carboxylic acids is 1. The number of benzene rings is 1. The van der Waals surface area contributed by atoms with Crippen molar-refractivity contribution in [3.05, 3.63) is 35.9 Å². The summed E-state index contributed by atoms with van der Waals surface area (Å²) in [6, 6.07) is 10.8. The van der Waals surface area contributed by atoms with Crippen LogP contribution in [-0.4, -0.2) is 61.4 Å². The standard InChI is InChI=1S/C25H36N2O3/c28-23(26-7-4-8-27-9-11-30-12-10-27)17-25(20-5-2-1-3-6-20)21-13-18-14-22(25)16-19(15-21)24(18)29/h1-3,5-6,18-19,21-22,24,29H,4,7-17H2,(H,26,28). The number of nitrogens with zero attached hydrogens (tertiary/aromatic N) is 1. The Kier molecular flexibility index (Phi) is 5.87. The van der Waals surface area contributed by atoms with E-state index in [2.05, 4.69) is 40.5 Å². The van der Waals surface area contributed by atoms with Crippen LogP contribution in [0.25, 0.3) is 0 Å². The lowest BCUT2D eigenvalue weighted by Crippen LogP contribution is -2.61. The summed E-state index contributed by atoms with van der Waals surface area (Å²) < 4.78 is 5.41. The zero-order chi connectivity index (χ0) is 20.6. The van der Waals surface area contributed by atoms with Crippen molar-refractivity contribution in [1.29, 1.82) is 0 Å². The minimum absolute atomic E-state index is 0.0529. The van der Waals surface area contributed by atoms with Crippen LogP contribution in [0.4, 0.5) is 0 Å². The summed E-state index contributed by atoms with van der Waals surface area (Å²) in [6.07, 6.45) is 5.79. The summed E-state index contributed by atoms with van der Waals surface area (Å²) in [5.74, 6) is 2.13. The second-order valence-corrected chi connectivity index (χ2v) is 10.1. The van der Waals surface area contributed by atoms with Crippen LogP contribution in [0.3, 0.4) is 0 Å². The lowest BCUT2D eigenvalue weighted by molar-refractivity contribution is -0.147. The molecule has 0 unspecified atom stereocenters. The van der Waals surface area contributed by atoms with Crippen molar-refractivity contribution in [3.8, 4) is 0 Å². The number of ether oxygens (including phenoxy) is 1. The van der Waals surface area contributed by atoms with E-state index in [1.807, 2.05) is 0 Å². The number of rotatable bonds is 7. The molecular weight excluding hydrogens is 376 g/mol. The molecule has 0 radical (unpaired) electrons. The molecule has 1 aromatic rings. The molecule has 164 valence electrons. The van der Waals surface area contributed by atoms with Gasteiger partial charge >= 0.3 is 0 Å². The Morgan fingerprint density at radius 2 is 1.70 bits per heavy atom. The molecule has 2 N–H and O–H groups in total. The van der Waals surface area contributed by atoms with Crippen molar-refractivity contribution >= 4 is 5.91 Å². The molecule has 1 aromatic carbocycles. The van der Waals surface area contributed by atoms with Crippen LogP contribution < -0.4 is 5.32 Å². The monoisotopic (exact) mass is 412 g/mol. The van der Waals surface area contributed by atoms with Crippen molar-refractivity contribution < 1.29 is 14.6 Å². The number of hydrogen-bond donors (Lipinski definition) is 2. The predicted molar refractivity (Wildman–Crippen MR) is 116 cm³/mol. The number of morpholine rings is 1. The zero-order valence-corrected chi connectivity index (χ0v) is 18.0. The molecule has 4 bridgehead atoms. The van der Waals surface area contributed by atoms with Crippen LogP contribution in [0.15, 0.2) is 30.3 Å². The summed E-state index contributed by atoms with van der Waals surface area (Å²) in [6.45, 7) is 5.43. The van der Waals surface area contributed by atoms with Gasteiger partial charge < -0.3 is 15.2 Å². The molecule has 4 saturated carbocycles. The summed E-state index contributed by atoms with van der Waals surface area (Å²) >= 11 is 0. The average Bonchev–Trinajstić information content (AvgIpc) is 2.77. The first-order valence-electron chi connectivity index (χ1n) is 12.0. The lowest BCUT2D eigenvalue weighted by Gasteiger charge is -2.63. The number of hydrogen-bond acceptors (Lipinski definition) is 4. The van der Waals surface area contributed by atoms with E-state index < -0.39 is 0 Å². The topological polar surface area (TPSA) is 61.8 Å². The van der Waals surface area contributed by atoms with Gasteiger partial charge in [-0.1, -0.05) is 30.3 Å². The van der Waals surface area contributed by atoms with Crippen molar-refractivity contribution in [2.75, 3.05) is 39.4 Å². The molecule has 5 aliphatic rings. The second-order valence-electron chi connectivity index (χ2n) is 10.1. The summed E-state index contributed by atoms with van der Waals surface area (Å²) in [5.41, 5.74) is 1.29. The molecule has 0 atom stereocenters. The van der Waals surface area contributed by atoms with Gasteiger partial charge in [0.25, 0.3) is 0 Å². The van der Waals surface area contributed by atoms with E-state index in [-0.39, 0.29) is 17.4 Å². The second kappa shape index (κ2) is 8.60. The quantitative estimate of drug-likeness (QED) is 0.676.